The lowest BCUT2D eigenvalue weighted by Crippen LogP contribution is -2.58. The van der Waals surface area contributed by atoms with Crippen molar-refractivity contribution in [1.29, 1.82) is 10.7 Å². The fourth-order valence-corrected chi connectivity index (χ4v) is 3.25. The minimum atomic E-state index is -1.60. The molecule has 1 heterocycles. The monoisotopic (exact) mass is 376 g/mol. The van der Waals surface area contributed by atoms with E-state index in [0.717, 1.165) is 5.56 Å². The van der Waals surface area contributed by atoms with E-state index in [1.165, 1.54) is 11.1 Å². The summed E-state index contributed by atoms with van der Waals surface area (Å²) in [4.78, 5) is 14.2. The Labute approximate surface area is 163 Å². The van der Waals surface area contributed by atoms with Crippen molar-refractivity contribution >= 4 is 17.8 Å². The Morgan fingerprint density at radius 3 is 2.50 bits per heavy atom. The van der Waals surface area contributed by atoms with Crippen LogP contribution in [0.1, 0.15) is 39.5 Å². The van der Waals surface area contributed by atoms with Crippen molar-refractivity contribution in [2.75, 3.05) is 13.1 Å². The van der Waals surface area contributed by atoms with Gasteiger partial charge in [-0.1, -0.05) is 18.2 Å². The third-order valence-corrected chi connectivity index (χ3v) is 5.12. The number of benzene rings is 2. The first-order valence-electron chi connectivity index (χ1n) is 8.86. The molecule has 0 spiro atoms. The van der Waals surface area contributed by atoms with Crippen LogP contribution in [-0.2, 0) is 5.67 Å². The summed E-state index contributed by atoms with van der Waals surface area (Å²) in [7, 11) is 0. The van der Waals surface area contributed by atoms with E-state index < -0.39 is 5.67 Å². The molecule has 2 aromatic rings. The van der Waals surface area contributed by atoms with Crippen molar-refractivity contribution in [3.8, 4) is 6.07 Å². The van der Waals surface area contributed by atoms with Gasteiger partial charge in [0.15, 0.2) is 5.67 Å². The number of nitriles is 1. The summed E-state index contributed by atoms with van der Waals surface area (Å²) in [5.41, 5.74) is 8.53. The molecule has 1 aliphatic heterocycles. The molecule has 0 radical (unpaired) electrons. The van der Waals surface area contributed by atoms with Gasteiger partial charge in [0.25, 0.3) is 5.91 Å². The fraction of sp³-hybridized carbons (Fsp3) is 0.227. The van der Waals surface area contributed by atoms with Gasteiger partial charge in [-0.15, -0.1) is 0 Å². The van der Waals surface area contributed by atoms with Crippen LogP contribution in [-0.4, -0.2) is 30.1 Å². The van der Waals surface area contributed by atoms with Crippen LogP contribution in [0.3, 0.4) is 0 Å². The highest BCUT2D eigenvalue weighted by atomic mass is 19.1. The van der Waals surface area contributed by atoms with E-state index in [0.29, 0.717) is 33.5 Å². The molecule has 0 unspecified atom stereocenters. The van der Waals surface area contributed by atoms with E-state index in [-0.39, 0.29) is 19.0 Å². The number of amides is 1. The molecule has 5 nitrogen and oxygen atoms in total. The highest BCUT2D eigenvalue weighted by Crippen LogP contribution is 2.37. The number of hydrogen-bond donors (Lipinski definition) is 2. The Morgan fingerprint density at radius 1 is 1.29 bits per heavy atom. The summed E-state index contributed by atoms with van der Waals surface area (Å²) < 4.78 is 15.1. The van der Waals surface area contributed by atoms with Crippen LogP contribution >= 0.6 is 0 Å². The number of nitrogens with one attached hydrogen (secondary N) is 1. The first kappa shape index (κ1) is 19.3. The van der Waals surface area contributed by atoms with Crippen LogP contribution in [0.4, 0.5) is 4.39 Å². The van der Waals surface area contributed by atoms with E-state index in [9.17, 15) is 4.79 Å². The number of nitrogens with zero attached hydrogens (tertiary/aromatic N) is 2. The summed E-state index contributed by atoms with van der Waals surface area (Å²) in [6.07, 6.45) is 1.17. The van der Waals surface area contributed by atoms with E-state index in [1.54, 1.807) is 49.4 Å². The summed E-state index contributed by atoms with van der Waals surface area (Å²) in [6.45, 7) is 3.55. The van der Waals surface area contributed by atoms with Crippen LogP contribution < -0.4 is 5.73 Å². The average molecular weight is 376 g/mol. The Hall–Kier alpha value is -3.46. The summed E-state index contributed by atoms with van der Waals surface area (Å²) >= 11 is 0. The second-order valence-corrected chi connectivity index (χ2v) is 7.09. The Morgan fingerprint density at radius 2 is 1.93 bits per heavy atom. The number of hydrogen-bond acceptors (Lipinski definition) is 4. The molecule has 1 fully saturated rings. The van der Waals surface area contributed by atoms with E-state index in [1.807, 2.05) is 13.0 Å². The normalized spacial score (nSPS) is 15.9. The van der Waals surface area contributed by atoms with Crippen LogP contribution in [0.25, 0.3) is 5.70 Å². The van der Waals surface area contributed by atoms with Crippen molar-refractivity contribution < 1.29 is 9.18 Å². The number of allylic oxidation sites excluding steroid dienone is 1. The van der Waals surface area contributed by atoms with Gasteiger partial charge in [0.1, 0.15) is 0 Å². The van der Waals surface area contributed by atoms with Gasteiger partial charge < -0.3 is 16.0 Å². The second kappa shape index (κ2) is 7.28. The Bertz CT molecular complexity index is 1010. The molecule has 1 saturated heterocycles. The van der Waals surface area contributed by atoms with Crippen LogP contribution in [0.15, 0.2) is 48.0 Å². The lowest BCUT2D eigenvalue weighted by atomic mass is 9.87. The maximum Gasteiger partial charge on any atom is 0.254 e. The van der Waals surface area contributed by atoms with Gasteiger partial charge in [0.05, 0.1) is 24.7 Å². The smallest absolute Gasteiger partial charge is 0.254 e. The molecule has 6 heteroatoms. The Kier molecular flexibility index (Phi) is 5.02. The predicted octanol–water partition coefficient (Wildman–Crippen LogP) is 3.53. The van der Waals surface area contributed by atoms with Gasteiger partial charge in [-0.25, -0.2) is 4.39 Å². The number of halogens is 1. The number of aryl methyl sites for hydroxylation is 1. The van der Waals surface area contributed by atoms with E-state index >= 15 is 4.39 Å². The summed E-state index contributed by atoms with van der Waals surface area (Å²) in [5.74, 6) is -0.261. The fourth-order valence-electron chi connectivity index (χ4n) is 3.25. The number of carbonyl (C=O) groups excluding carboxylic acids is 1. The highest BCUT2D eigenvalue weighted by Gasteiger charge is 2.47. The molecule has 28 heavy (non-hydrogen) atoms. The van der Waals surface area contributed by atoms with Gasteiger partial charge in [-0.2, -0.15) is 5.26 Å². The van der Waals surface area contributed by atoms with E-state index in [2.05, 4.69) is 0 Å². The van der Waals surface area contributed by atoms with Gasteiger partial charge >= 0.3 is 0 Å². The maximum atomic E-state index is 15.1. The predicted molar refractivity (Wildman–Crippen MR) is 107 cm³/mol. The third kappa shape index (κ3) is 3.39. The number of carbonyl (C=O) groups is 1. The molecule has 3 N–H and O–H groups in total. The quantitative estimate of drug-likeness (QED) is 0.799. The number of likely N-dealkylation sites (tertiary alicyclic amines) is 1. The average Bonchev–Trinajstić information content (AvgIpc) is 2.70. The number of rotatable bonds is 4. The number of nitrogens with two attached hydrogens (primary N) is 1. The molecule has 0 atom stereocenters. The molecular weight excluding hydrogens is 355 g/mol. The molecule has 3 rings (SSSR count). The molecule has 0 aliphatic carbocycles. The van der Waals surface area contributed by atoms with Crippen molar-refractivity contribution in [3.63, 3.8) is 0 Å². The summed E-state index contributed by atoms with van der Waals surface area (Å²) in [5, 5.41) is 16.2. The molecule has 0 bridgehead atoms. The van der Waals surface area contributed by atoms with Crippen LogP contribution in [0, 0.1) is 23.7 Å². The molecule has 0 aromatic heterocycles. The van der Waals surface area contributed by atoms with Crippen molar-refractivity contribution in [2.24, 2.45) is 5.73 Å². The molecule has 2 aromatic carbocycles. The minimum absolute atomic E-state index is 0.0359. The minimum Gasteiger partial charge on any atom is -0.398 e. The standard InChI is InChI=1S/C22H21FN4O/c1-14-3-6-17(9-19(14)20(26)15(2)10-24)21(28)27-12-22(23,13-27)18-7-4-16(11-25)5-8-18/h3-10,24H,12-13,26H2,1-2H3/b20-15-,24-10?. The Balaban J connectivity index is 1.79. The van der Waals surface area contributed by atoms with Gasteiger partial charge in [-0.05, 0) is 54.8 Å². The van der Waals surface area contributed by atoms with Crippen molar-refractivity contribution in [1.82, 2.24) is 4.90 Å². The topological polar surface area (TPSA) is 94.0 Å². The van der Waals surface area contributed by atoms with Gasteiger partial charge in [-0.3, -0.25) is 4.79 Å². The lowest BCUT2D eigenvalue weighted by molar-refractivity contribution is -0.0231. The zero-order valence-corrected chi connectivity index (χ0v) is 15.8. The van der Waals surface area contributed by atoms with Crippen LogP contribution in [0.5, 0.6) is 0 Å². The zero-order valence-electron chi connectivity index (χ0n) is 15.8. The molecule has 1 amide bonds. The third-order valence-electron chi connectivity index (χ3n) is 5.12. The molecule has 0 saturated carbocycles. The molecular formula is C22H21FN4O. The van der Waals surface area contributed by atoms with Crippen molar-refractivity contribution in [3.05, 3.63) is 75.9 Å². The highest BCUT2D eigenvalue weighted by molar-refractivity contribution is 5.97. The maximum absolute atomic E-state index is 15.1. The largest absolute Gasteiger partial charge is 0.398 e. The zero-order chi connectivity index (χ0) is 20.5. The van der Waals surface area contributed by atoms with Gasteiger partial charge in [0, 0.05) is 23.0 Å². The van der Waals surface area contributed by atoms with Gasteiger partial charge in [0.2, 0.25) is 0 Å². The SMILES string of the molecule is C/C(C=N)=C(/N)c1cc(C(=O)N2CC(F)(c3ccc(C#N)cc3)C2)ccc1C. The first-order valence-corrected chi connectivity index (χ1v) is 8.86. The summed E-state index contributed by atoms with van der Waals surface area (Å²) in [6, 6.07) is 13.5. The number of alkyl halides is 1. The molecule has 142 valence electrons. The van der Waals surface area contributed by atoms with Crippen molar-refractivity contribution in [2.45, 2.75) is 19.5 Å². The lowest BCUT2D eigenvalue weighted by Gasteiger charge is -2.44. The first-order chi connectivity index (χ1) is 13.3. The van der Waals surface area contributed by atoms with Crippen LogP contribution in [0.2, 0.25) is 0 Å². The molecule has 1 aliphatic rings. The second-order valence-electron chi connectivity index (χ2n) is 7.09. The van der Waals surface area contributed by atoms with E-state index in [4.69, 9.17) is 16.4 Å².